The lowest BCUT2D eigenvalue weighted by Crippen LogP contribution is -2.60. The average molecular weight is 669 g/mol. The number of sulfonamides is 1. The molecule has 47 heavy (non-hydrogen) atoms. The van der Waals surface area contributed by atoms with E-state index in [9.17, 15) is 28.8 Å². The Bertz CT molecular complexity index is 1810. The van der Waals surface area contributed by atoms with Gasteiger partial charge in [0.15, 0.2) is 11.5 Å². The molecule has 0 radical (unpaired) electrons. The fraction of sp³-hybridized carbons (Fsp3) is 0.469. The standard InChI is InChI=1S/C32H40N6O8S/c1-3-15-37(16-4-2)47(43,44)22-13-9-20(10-14-22)38-31-24(25(36-38)18-5-6-18)29(33)34-30(35-31)19-7-11-21(12-8-19)45-32-28(42)27(41)26(40)23(17-39)46-32/h7-14,18,23,26-28,32,39-42H,3-6,15-17H2,1-2H3,(H2,33,34,35). The molecule has 6 rings (SSSR count). The van der Waals surface area contributed by atoms with Crippen LogP contribution >= 0.6 is 0 Å². The van der Waals surface area contributed by atoms with E-state index in [2.05, 4.69) is 4.98 Å². The summed E-state index contributed by atoms with van der Waals surface area (Å²) in [5, 5.41) is 45.4. The second-order valence-electron chi connectivity index (χ2n) is 11.9. The van der Waals surface area contributed by atoms with Crippen molar-refractivity contribution in [1.82, 2.24) is 24.1 Å². The van der Waals surface area contributed by atoms with Gasteiger partial charge < -0.3 is 35.6 Å². The Hall–Kier alpha value is -3.70. The molecule has 3 heterocycles. The van der Waals surface area contributed by atoms with E-state index in [1.165, 1.54) is 4.31 Å². The highest BCUT2D eigenvalue weighted by atomic mass is 32.2. The van der Waals surface area contributed by atoms with Crippen LogP contribution in [-0.2, 0) is 14.8 Å². The summed E-state index contributed by atoms with van der Waals surface area (Å²) in [5.41, 5.74) is 9.05. The van der Waals surface area contributed by atoms with Crippen molar-refractivity contribution in [1.29, 1.82) is 0 Å². The van der Waals surface area contributed by atoms with Crippen LogP contribution in [-0.4, -0.2) is 103 Å². The molecule has 2 aromatic carbocycles. The quantitative estimate of drug-likeness (QED) is 0.147. The highest BCUT2D eigenvalue weighted by Gasteiger charge is 2.44. The Balaban J connectivity index is 1.30. The third kappa shape index (κ3) is 6.44. The molecule has 5 atom stereocenters. The summed E-state index contributed by atoms with van der Waals surface area (Å²) in [7, 11) is -3.65. The molecular formula is C32H40N6O8S. The molecule has 1 saturated carbocycles. The summed E-state index contributed by atoms with van der Waals surface area (Å²) in [5.74, 6) is 1.13. The molecular weight excluding hydrogens is 628 g/mol. The first-order valence-corrected chi connectivity index (χ1v) is 17.3. The molecule has 1 saturated heterocycles. The van der Waals surface area contributed by atoms with Gasteiger partial charge in [0.1, 0.15) is 36.0 Å². The molecule has 2 fully saturated rings. The summed E-state index contributed by atoms with van der Waals surface area (Å²) >= 11 is 0. The molecule has 1 aliphatic carbocycles. The lowest BCUT2D eigenvalue weighted by Gasteiger charge is -2.39. The fourth-order valence-electron chi connectivity index (χ4n) is 5.76. The van der Waals surface area contributed by atoms with E-state index >= 15 is 0 Å². The molecule has 4 aromatic rings. The molecule has 6 N–H and O–H groups in total. The third-order valence-electron chi connectivity index (χ3n) is 8.42. The monoisotopic (exact) mass is 668 g/mol. The minimum absolute atomic E-state index is 0.211. The van der Waals surface area contributed by atoms with E-state index in [4.69, 9.17) is 25.3 Å². The SMILES string of the molecule is CCCN(CCC)S(=O)(=O)c1ccc(-n2nc(C3CC3)c3c(N)nc(-c4ccc(OC5OC(CO)C(O)C(O)C5O)cc4)nc32)cc1. The van der Waals surface area contributed by atoms with Crippen molar-refractivity contribution >= 4 is 26.9 Å². The zero-order chi connectivity index (χ0) is 33.5. The number of anilines is 1. The van der Waals surface area contributed by atoms with Crippen LogP contribution in [0.15, 0.2) is 53.4 Å². The maximum Gasteiger partial charge on any atom is 0.243 e. The van der Waals surface area contributed by atoms with Gasteiger partial charge in [0.05, 0.1) is 28.3 Å². The number of benzene rings is 2. The van der Waals surface area contributed by atoms with Crippen LogP contribution in [0.4, 0.5) is 5.82 Å². The Kier molecular flexibility index (Phi) is 9.49. The first kappa shape index (κ1) is 33.2. The van der Waals surface area contributed by atoms with Gasteiger partial charge in [-0.25, -0.2) is 23.1 Å². The molecule has 14 nitrogen and oxygen atoms in total. The fourth-order valence-corrected chi connectivity index (χ4v) is 7.39. The van der Waals surface area contributed by atoms with Gasteiger partial charge in [-0.1, -0.05) is 13.8 Å². The van der Waals surface area contributed by atoms with Crippen molar-refractivity contribution in [2.45, 2.75) is 81.1 Å². The number of nitrogen functional groups attached to an aromatic ring is 1. The largest absolute Gasteiger partial charge is 0.462 e. The maximum absolute atomic E-state index is 13.3. The molecule has 0 bridgehead atoms. The number of nitrogens with zero attached hydrogens (tertiary/aromatic N) is 5. The van der Waals surface area contributed by atoms with E-state index in [0.717, 1.165) is 31.4 Å². The summed E-state index contributed by atoms with van der Waals surface area (Å²) in [4.78, 5) is 9.64. The third-order valence-corrected chi connectivity index (χ3v) is 10.3. The summed E-state index contributed by atoms with van der Waals surface area (Å²) in [6.45, 7) is 4.24. The van der Waals surface area contributed by atoms with E-state index in [1.54, 1.807) is 53.2 Å². The van der Waals surface area contributed by atoms with Crippen molar-refractivity contribution in [3.8, 4) is 22.8 Å². The van der Waals surface area contributed by atoms with Gasteiger partial charge in [-0.2, -0.15) is 9.40 Å². The molecule has 0 spiro atoms. The highest BCUT2D eigenvalue weighted by molar-refractivity contribution is 7.89. The minimum atomic E-state index is -3.65. The lowest BCUT2D eigenvalue weighted by atomic mass is 9.99. The lowest BCUT2D eigenvalue weighted by molar-refractivity contribution is -0.277. The Morgan fingerprint density at radius 2 is 1.62 bits per heavy atom. The van der Waals surface area contributed by atoms with Crippen LogP contribution in [0.1, 0.15) is 51.1 Å². The van der Waals surface area contributed by atoms with E-state index in [1.807, 2.05) is 13.8 Å². The smallest absolute Gasteiger partial charge is 0.243 e. The van der Waals surface area contributed by atoms with Crippen molar-refractivity contribution in [2.24, 2.45) is 0 Å². The molecule has 1 aliphatic heterocycles. The zero-order valence-electron chi connectivity index (χ0n) is 26.2. The van der Waals surface area contributed by atoms with Crippen molar-refractivity contribution < 1.29 is 38.3 Å². The van der Waals surface area contributed by atoms with Gasteiger partial charge in [0.2, 0.25) is 16.3 Å². The van der Waals surface area contributed by atoms with Gasteiger partial charge in [-0.3, -0.25) is 0 Å². The second kappa shape index (κ2) is 13.4. The molecule has 5 unspecified atom stereocenters. The first-order chi connectivity index (χ1) is 22.6. The second-order valence-corrected chi connectivity index (χ2v) is 13.9. The Morgan fingerprint density at radius 1 is 0.957 bits per heavy atom. The van der Waals surface area contributed by atoms with Crippen LogP contribution in [0.2, 0.25) is 0 Å². The van der Waals surface area contributed by atoms with Crippen LogP contribution in [0.25, 0.3) is 28.1 Å². The van der Waals surface area contributed by atoms with Crippen molar-refractivity contribution in [3.05, 3.63) is 54.2 Å². The average Bonchev–Trinajstić information content (AvgIpc) is 3.85. The first-order valence-electron chi connectivity index (χ1n) is 15.8. The minimum Gasteiger partial charge on any atom is -0.462 e. The van der Waals surface area contributed by atoms with Gasteiger partial charge in [0, 0.05) is 24.6 Å². The predicted molar refractivity (Wildman–Crippen MR) is 172 cm³/mol. The number of ether oxygens (including phenoxy) is 2. The van der Waals surface area contributed by atoms with Gasteiger partial charge >= 0.3 is 0 Å². The van der Waals surface area contributed by atoms with Crippen LogP contribution in [0.3, 0.4) is 0 Å². The number of aromatic nitrogens is 4. The topological polar surface area (TPSA) is 206 Å². The number of hydrogen-bond acceptors (Lipinski definition) is 12. The van der Waals surface area contributed by atoms with Gasteiger partial charge in [-0.05, 0) is 74.2 Å². The van der Waals surface area contributed by atoms with E-state index in [0.29, 0.717) is 46.9 Å². The molecule has 2 aliphatic rings. The van der Waals surface area contributed by atoms with Crippen molar-refractivity contribution in [3.63, 3.8) is 0 Å². The number of nitrogens with two attached hydrogens (primary N) is 1. The van der Waals surface area contributed by atoms with Gasteiger partial charge in [-0.15, -0.1) is 0 Å². The Morgan fingerprint density at radius 3 is 2.21 bits per heavy atom. The number of rotatable bonds is 12. The number of fused-ring (bicyclic) bond motifs is 1. The normalized spacial score (nSPS) is 23.4. The molecule has 15 heteroatoms. The van der Waals surface area contributed by atoms with Crippen LogP contribution < -0.4 is 10.5 Å². The zero-order valence-corrected chi connectivity index (χ0v) is 27.0. The number of aliphatic hydroxyl groups excluding tert-OH is 4. The summed E-state index contributed by atoms with van der Waals surface area (Å²) in [6, 6.07) is 13.2. The van der Waals surface area contributed by atoms with Crippen molar-refractivity contribution in [2.75, 3.05) is 25.4 Å². The predicted octanol–water partition coefficient (Wildman–Crippen LogP) is 1.93. The van der Waals surface area contributed by atoms with E-state index in [-0.39, 0.29) is 16.6 Å². The maximum atomic E-state index is 13.3. The Labute approximate surface area is 272 Å². The molecule has 252 valence electrons. The summed E-state index contributed by atoms with van der Waals surface area (Å²) < 4.78 is 41.0. The number of hydrogen-bond donors (Lipinski definition) is 5. The van der Waals surface area contributed by atoms with Crippen LogP contribution in [0, 0.1) is 0 Å². The highest BCUT2D eigenvalue weighted by Crippen LogP contribution is 2.44. The van der Waals surface area contributed by atoms with E-state index < -0.39 is 47.3 Å². The summed E-state index contributed by atoms with van der Waals surface area (Å²) in [6.07, 6.45) is -3.61. The molecule has 2 aromatic heterocycles. The van der Waals surface area contributed by atoms with Gasteiger partial charge in [0.25, 0.3) is 0 Å². The number of aliphatic hydroxyl groups is 4. The van der Waals surface area contributed by atoms with Crippen LogP contribution in [0.5, 0.6) is 5.75 Å². The molecule has 0 amide bonds.